The van der Waals surface area contributed by atoms with Crippen molar-refractivity contribution in [2.24, 2.45) is 0 Å². The molecule has 0 unspecified atom stereocenters. The Kier molecular flexibility index (Phi) is 1.91. The number of nitrogens with zero attached hydrogens (tertiary/aromatic N) is 1. The highest BCUT2D eigenvalue weighted by atomic mass is 16.4. The Bertz CT molecular complexity index is 274. The number of carbonyl (C=O) groups is 1. The first kappa shape index (κ1) is 7.33. The van der Waals surface area contributed by atoms with Crippen LogP contribution in [-0.4, -0.2) is 21.3 Å². The molecule has 0 aliphatic rings. The summed E-state index contributed by atoms with van der Waals surface area (Å²) in [7, 11) is 0. The summed E-state index contributed by atoms with van der Waals surface area (Å²) in [6.45, 7) is 0. The summed E-state index contributed by atoms with van der Waals surface area (Å²) in [5, 5.41) is 19.1. The maximum Gasteiger partial charge on any atom is 0.410 e. The number of pyridine rings is 1. The minimum absolute atomic E-state index is 0.0556. The van der Waals surface area contributed by atoms with Crippen LogP contribution < -0.4 is 5.32 Å². The minimum atomic E-state index is -1.25. The first-order valence-electron chi connectivity index (χ1n) is 2.84. The molecule has 0 aromatic carbocycles. The molecule has 0 fully saturated rings. The number of hydrogen-bond acceptors (Lipinski definition) is 3. The molecule has 1 heterocycles. The SMILES string of the molecule is O=C(O)Nc1ncccc1O. The third-order valence-corrected chi connectivity index (χ3v) is 1.01. The Labute approximate surface area is 62.3 Å². The van der Waals surface area contributed by atoms with Gasteiger partial charge in [0.1, 0.15) is 0 Å². The standard InChI is InChI=1S/C6H6N2O3/c9-4-2-1-3-7-5(4)8-6(10)11/h1-3,9H,(H,7,8)(H,10,11). The Morgan fingerprint density at radius 3 is 2.91 bits per heavy atom. The van der Waals surface area contributed by atoms with E-state index >= 15 is 0 Å². The van der Waals surface area contributed by atoms with Crippen molar-refractivity contribution in [1.29, 1.82) is 0 Å². The van der Waals surface area contributed by atoms with Gasteiger partial charge in [-0.15, -0.1) is 0 Å². The third kappa shape index (κ3) is 1.82. The van der Waals surface area contributed by atoms with Gasteiger partial charge in [0.15, 0.2) is 11.6 Å². The van der Waals surface area contributed by atoms with Gasteiger partial charge in [0.05, 0.1) is 0 Å². The van der Waals surface area contributed by atoms with Gasteiger partial charge >= 0.3 is 6.09 Å². The largest absolute Gasteiger partial charge is 0.504 e. The molecule has 58 valence electrons. The number of rotatable bonds is 1. The Balaban J connectivity index is 2.86. The van der Waals surface area contributed by atoms with Crippen LogP contribution in [0.3, 0.4) is 0 Å². The van der Waals surface area contributed by atoms with Crippen molar-refractivity contribution >= 4 is 11.9 Å². The van der Waals surface area contributed by atoms with Gasteiger partial charge in [0.2, 0.25) is 0 Å². The van der Waals surface area contributed by atoms with E-state index in [9.17, 15) is 4.79 Å². The molecule has 1 aromatic rings. The fraction of sp³-hybridized carbons (Fsp3) is 0. The summed E-state index contributed by atoms with van der Waals surface area (Å²) >= 11 is 0. The highest BCUT2D eigenvalue weighted by Crippen LogP contribution is 2.17. The summed E-state index contributed by atoms with van der Waals surface area (Å²) in [4.78, 5) is 13.6. The molecule has 0 atom stereocenters. The maximum absolute atomic E-state index is 10.1. The molecule has 0 spiro atoms. The molecule has 5 heteroatoms. The molecule has 0 bridgehead atoms. The van der Waals surface area contributed by atoms with Crippen molar-refractivity contribution in [1.82, 2.24) is 4.98 Å². The van der Waals surface area contributed by atoms with Crippen molar-refractivity contribution in [3.8, 4) is 5.75 Å². The van der Waals surface area contributed by atoms with Crippen molar-refractivity contribution in [2.45, 2.75) is 0 Å². The van der Waals surface area contributed by atoms with E-state index in [0.29, 0.717) is 0 Å². The van der Waals surface area contributed by atoms with Gasteiger partial charge in [-0.05, 0) is 12.1 Å². The maximum atomic E-state index is 10.1. The quantitative estimate of drug-likeness (QED) is 0.560. The van der Waals surface area contributed by atoms with E-state index in [4.69, 9.17) is 10.2 Å². The lowest BCUT2D eigenvalue weighted by Gasteiger charge is -1.99. The van der Waals surface area contributed by atoms with E-state index in [1.807, 2.05) is 5.32 Å². The monoisotopic (exact) mass is 154 g/mol. The first-order valence-corrected chi connectivity index (χ1v) is 2.84. The normalized spacial score (nSPS) is 9.09. The summed E-state index contributed by atoms with van der Waals surface area (Å²) in [5.41, 5.74) is 0. The predicted octanol–water partition coefficient (Wildman–Crippen LogP) is 0.877. The van der Waals surface area contributed by atoms with Crippen LogP contribution in [0.25, 0.3) is 0 Å². The lowest BCUT2D eigenvalue weighted by Crippen LogP contribution is -2.08. The van der Waals surface area contributed by atoms with Gasteiger partial charge < -0.3 is 10.2 Å². The lowest BCUT2D eigenvalue weighted by molar-refractivity contribution is 0.209. The number of amides is 1. The second-order valence-electron chi connectivity index (χ2n) is 1.80. The number of nitrogens with one attached hydrogen (secondary N) is 1. The van der Waals surface area contributed by atoms with Crippen LogP contribution in [0.1, 0.15) is 0 Å². The number of carboxylic acid groups (broad SMARTS) is 1. The topological polar surface area (TPSA) is 82.5 Å². The van der Waals surface area contributed by atoms with Gasteiger partial charge in [-0.1, -0.05) is 0 Å². The zero-order valence-electron chi connectivity index (χ0n) is 5.48. The molecule has 0 aliphatic heterocycles. The van der Waals surface area contributed by atoms with Crippen LogP contribution in [0.4, 0.5) is 10.6 Å². The van der Waals surface area contributed by atoms with Crippen LogP contribution in [0, 0.1) is 0 Å². The molecule has 0 saturated carbocycles. The predicted molar refractivity (Wildman–Crippen MR) is 37.5 cm³/mol. The van der Waals surface area contributed by atoms with E-state index in [1.165, 1.54) is 18.3 Å². The van der Waals surface area contributed by atoms with Crippen molar-refractivity contribution in [3.63, 3.8) is 0 Å². The molecule has 1 rings (SSSR count). The molecule has 1 aromatic heterocycles. The molecule has 0 saturated heterocycles. The molecule has 0 radical (unpaired) electrons. The minimum Gasteiger partial charge on any atom is -0.504 e. The number of anilines is 1. The molecular weight excluding hydrogens is 148 g/mol. The second-order valence-corrected chi connectivity index (χ2v) is 1.80. The fourth-order valence-corrected chi connectivity index (χ4v) is 0.594. The zero-order valence-corrected chi connectivity index (χ0v) is 5.48. The second kappa shape index (κ2) is 2.87. The fourth-order valence-electron chi connectivity index (χ4n) is 0.594. The molecule has 0 aliphatic carbocycles. The van der Waals surface area contributed by atoms with Crippen molar-refractivity contribution < 1.29 is 15.0 Å². The van der Waals surface area contributed by atoms with Crippen molar-refractivity contribution in [2.75, 3.05) is 5.32 Å². The van der Waals surface area contributed by atoms with Crippen LogP contribution in [0.2, 0.25) is 0 Å². The van der Waals surface area contributed by atoms with Gasteiger partial charge in [0.25, 0.3) is 0 Å². The summed E-state index contributed by atoms with van der Waals surface area (Å²) < 4.78 is 0. The molecule has 11 heavy (non-hydrogen) atoms. The Morgan fingerprint density at radius 1 is 1.64 bits per heavy atom. The van der Waals surface area contributed by atoms with Crippen LogP contribution in [-0.2, 0) is 0 Å². The van der Waals surface area contributed by atoms with Crippen LogP contribution in [0.15, 0.2) is 18.3 Å². The summed E-state index contributed by atoms with van der Waals surface area (Å²) in [5.74, 6) is -0.241. The van der Waals surface area contributed by atoms with E-state index in [0.717, 1.165) is 0 Å². The summed E-state index contributed by atoms with van der Waals surface area (Å²) in [6.07, 6.45) is 0.129. The summed E-state index contributed by atoms with van der Waals surface area (Å²) in [6, 6.07) is 2.85. The third-order valence-electron chi connectivity index (χ3n) is 1.01. The molecule has 3 N–H and O–H groups in total. The average Bonchev–Trinajstić information content (AvgIpc) is 1.93. The molecule has 5 nitrogen and oxygen atoms in total. The number of hydrogen-bond donors (Lipinski definition) is 3. The molecule has 1 amide bonds. The number of aromatic hydroxyl groups is 1. The highest BCUT2D eigenvalue weighted by molar-refractivity contribution is 5.83. The number of aromatic nitrogens is 1. The lowest BCUT2D eigenvalue weighted by atomic mass is 10.4. The first-order chi connectivity index (χ1) is 5.20. The highest BCUT2D eigenvalue weighted by Gasteiger charge is 2.02. The van der Waals surface area contributed by atoms with Crippen LogP contribution in [0.5, 0.6) is 5.75 Å². The Hall–Kier alpha value is -1.78. The van der Waals surface area contributed by atoms with Gasteiger partial charge in [-0.3, -0.25) is 5.32 Å². The smallest absolute Gasteiger partial charge is 0.410 e. The van der Waals surface area contributed by atoms with Crippen LogP contribution >= 0.6 is 0 Å². The zero-order chi connectivity index (χ0) is 8.27. The van der Waals surface area contributed by atoms with Crippen molar-refractivity contribution in [3.05, 3.63) is 18.3 Å². The Morgan fingerprint density at radius 2 is 2.36 bits per heavy atom. The van der Waals surface area contributed by atoms with Gasteiger partial charge in [-0.2, -0.15) is 0 Å². The average molecular weight is 154 g/mol. The van der Waals surface area contributed by atoms with E-state index in [2.05, 4.69) is 4.98 Å². The molecular formula is C6H6N2O3. The van der Waals surface area contributed by atoms with Gasteiger partial charge in [0, 0.05) is 6.20 Å². The van der Waals surface area contributed by atoms with Gasteiger partial charge in [-0.25, -0.2) is 9.78 Å². The van der Waals surface area contributed by atoms with E-state index < -0.39 is 6.09 Å². The van der Waals surface area contributed by atoms with E-state index in [1.54, 1.807) is 0 Å². The van der Waals surface area contributed by atoms with E-state index in [-0.39, 0.29) is 11.6 Å².